The van der Waals surface area contributed by atoms with E-state index in [2.05, 4.69) is 0 Å². The summed E-state index contributed by atoms with van der Waals surface area (Å²) in [5.41, 5.74) is -2.14. The summed E-state index contributed by atoms with van der Waals surface area (Å²) in [5, 5.41) is 8.53. The second-order valence-corrected chi connectivity index (χ2v) is 8.59. The van der Waals surface area contributed by atoms with Gasteiger partial charge in [0, 0.05) is 5.75 Å². The predicted molar refractivity (Wildman–Crippen MR) is 66.2 cm³/mol. The number of hydrogen-bond acceptors (Lipinski definition) is 5. The summed E-state index contributed by atoms with van der Waals surface area (Å²) in [5.74, 6) is 0.720. The molecular weight excluding hydrogens is 239 g/mol. The first-order valence-electron chi connectivity index (χ1n) is 4.48. The molecule has 14 heavy (non-hydrogen) atoms. The van der Waals surface area contributed by atoms with Crippen LogP contribution in [0, 0.1) is 0 Å². The van der Waals surface area contributed by atoms with E-state index in [1.807, 2.05) is 19.9 Å². The summed E-state index contributed by atoms with van der Waals surface area (Å²) in [7, 11) is 0. The van der Waals surface area contributed by atoms with Crippen molar-refractivity contribution in [3.63, 3.8) is 0 Å². The number of rotatable bonds is 8. The van der Waals surface area contributed by atoms with E-state index in [4.69, 9.17) is 26.0 Å². The lowest BCUT2D eigenvalue weighted by Gasteiger charge is -2.18. The van der Waals surface area contributed by atoms with Gasteiger partial charge in [0.1, 0.15) is 0 Å². The number of hydrogen-bond donors (Lipinski definition) is 1. The zero-order valence-corrected chi connectivity index (χ0v) is 11.0. The Morgan fingerprint density at radius 3 is 2.29 bits per heavy atom. The fourth-order valence-corrected chi connectivity index (χ4v) is 5.03. The van der Waals surface area contributed by atoms with Gasteiger partial charge in [-0.25, -0.2) is 0 Å². The molecule has 0 heterocycles. The molecule has 0 spiro atoms. The third kappa shape index (κ3) is 6.98. The second-order valence-electron chi connectivity index (χ2n) is 2.23. The lowest BCUT2D eigenvalue weighted by atomic mass is 10.6. The van der Waals surface area contributed by atoms with Crippen molar-refractivity contribution in [1.82, 2.24) is 0 Å². The Balaban J connectivity index is 3.95. The summed E-state index contributed by atoms with van der Waals surface area (Å²) in [6, 6.07) is 0. The Morgan fingerprint density at radius 1 is 1.29 bits per heavy atom. The van der Waals surface area contributed by atoms with Crippen molar-refractivity contribution >= 4 is 28.9 Å². The van der Waals surface area contributed by atoms with Crippen LogP contribution in [-0.4, -0.2) is 30.7 Å². The molecule has 6 heteroatoms. The summed E-state index contributed by atoms with van der Waals surface area (Å²) >= 11 is 6.78. The monoisotopic (exact) mass is 256 g/mol. The maximum absolute atomic E-state index is 8.53. The SMILES string of the molecule is CCOP(=S)(OCC)SC/C=C/CO. The van der Waals surface area contributed by atoms with Gasteiger partial charge >= 0.3 is 0 Å². The van der Waals surface area contributed by atoms with Gasteiger partial charge in [0.25, 0.3) is 0 Å². The molecule has 84 valence electrons. The van der Waals surface area contributed by atoms with Crippen LogP contribution in [0.1, 0.15) is 13.8 Å². The second kappa shape index (κ2) is 8.89. The molecule has 0 saturated carbocycles. The van der Waals surface area contributed by atoms with E-state index in [0.29, 0.717) is 13.2 Å². The van der Waals surface area contributed by atoms with Crippen LogP contribution in [0.25, 0.3) is 0 Å². The topological polar surface area (TPSA) is 38.7 Å². The predicted octanol–water partition coefficient (Wildman–Crippen LogP) is 2.57. The molecule has 3 nitrogen and oxygen atoms in total. The van der Waals surface area contributed by atoms with Gasteiger partial charge in [0.2, 0.25) is 5.69 Å². The summed E-state index contributed by atoms with van der Waals surface area (Å²) in [4.78, 5) is 0. The highest BCUT2D eigenvalue weighted by molar-refractivity contribution is 8.67. The van der Waals surface area contributed by atoms with Gasteiger partial charge in [0.05, 0.1) is 19.8 Å². The standard InChI is InChI=1S/C8H17O3PS2/c1-3-10-12(13,11-4-2)14-8-6-5-7-9/h5-6,9H,3-4,7-8H2,1-2H3/b6-5+. The van der Waals surface area contributed by atoms with Gasteiger partial charge in [-0.05, 0) is 25.7 Å². The average Bonchev–Trinajstić information content (AvgIpc) is 2.13. The zero-order chi connectivity index (χ0) is 10.9. The molecule has 1 N–H and O–H groups in total. The van der Waals surface area contributed by atoms with Crippen LogP contribution >= 0.6 is 17.1 Å². The molecule has 0 atom stereocenters. The molecule has 0 bridgehead atoms. The van der Waals surface area contributed by atoms with Crippen molar-refractivity contribution in [3.8, 4) is 0 Å². The van der Waals surface area contributed by atoms with Crippen LogP contribution < -0.4 is 0 Å². The lowest BCUT2D eigenvalue weighted by molar-refractivity contribution is 0.280. The summed E-state index contributed by atoms with van der Waals surface area (Å²) < 4.78 is 10.8. The fourth-order valence-electron chi connectivity index (χ4n) is 0.705. The van der Waals surface area contributed by atoms with Crippen molar-refractivity contribution < 1.29 is 14.2 Å². The molecule has 0 aliphatic carbocycles. The third-order valence-corrected chi connectivity index (χ3v) is 6.59. The van der Waals surface area contributed by atoms with E-state index in [0.717, 1.165) is 5.75 Å². The molecule has 0 radical (unpaired) electrons. The fraction of sp³-hybridized carbons (Fsp3) is 0.750. The van der Waals surface area contributed by atoms with Crippen molar-refractivity contribution in [1.29, 1.82) is 0 Å². The first-order chi connectivity index (χ1) is 6.68. The van der Waals surface area contributed by atoms with Crippen LogP contribution in [0.15, 0.2) is 12.2 Å². The molecule has 0 fully saturated rings. The molecule has 0 aliphatic rings. The van der Waals surface area contributed by atoms with E-state index >= 15 is 0 Å². The molecule has 0 saturated heterocycles. The molecule has 0 aromatic rings. The number of aliphatic hydroxyl groups excluding tert-OH is 1. The Kier molecular flexibility index (Phi) is 9.28. The highest BCUT2D eigenvalue weighted by Gasteiger charge is 2.17. The van der Waals surface area contributed by atoms with Gasteiger partial charge < -0.3 is 14.2 Å². The van der Waals surface area contributed by atoms with Crippen molar-refractivity contribution in [2.45, 2.75) is 13.8 Å². The minimum atomic E-state index is -2.14. The normalized spacial score (nSPS) is 12.5. The Bertz CT molecular complexity index is 199. The van der Waals surface area contributed by atoms with E-state index in [-0.39, 0.29) is 6.61 Å². The van der Waals surface area contributed by atoms with Crippen molar-refractivity contribution in [2.75, 3.05) is 25.6 Å². The van der Waals surface area contributed by atoms with Gasteiger partial charge in [-0.2, -0.15) is 0 Å². The van der Waals surface area contributed by atoms with Crippen LogP contribution in [-0.2, 0) is 20.9 Å². The summed E-state index contributed by atoms with van der Waals surface area (Å²) in [6.45, 7) is 5.03. The first kappa shape index (κ1) is 14.6. The van der Waals surface area contributed by atoms with E-state index in [1.54, 1.807) is 6.08 Å². The average molecular weight is 256 g/mol. The van der Waals surface area contributed by atoms with Crippen molar-refractivity contribution in [2.24, 2.45) is 0 Å². The highest BCUT2D eigenvalue weighted by atomic mass is 32.9. The maximum atomic E-state index is 8.53. The Labute approximate surface area is 94.8 Å². The molecule has 0 aliphatic heterocycles. The summed E-state index contributed by atoms with van der Waals surface area (Å²) in [6.07, 6.45) is 3.55. The van der Waals surface area contributed by atoms with Crippen LogP contribution in [0.2, 0.25) is 0 Å². The van der Waals surface area contributed by atoms with Gasteiger partial charge in [-0.1, -0.05) is 23.5 Å². The minimum Gasteiger partial charge on any atom is -0.392 e. The van der Waals surface area contributed by atoms with Crippen LogP contribution in [0.4, 0.5) is 0 Å². The van der Waals surface area contributed by atoms with E-state index in [9.17, 15) is 0 Å². The molecule has 0 aromatic carbocycles. The van der Waals surface area contributed by atoms with Crippen LogP contribution in [0.3, 0.4) is 0 Å². The van der Waals surface area contributed by atoms with Gasteiger partial charge in [-0.3, -0.25) is 0 Å². The first-order valence-corrected chi connectivity index (χ1v) is 8.71. The molecular formula is C8H17O3PS2. The van der Waals surface area contributed by atoms with Crippen molar-refractivity contribution in [3.05, 3.63) is 12.2 Å². The minimum absolute atomic E-state index is 0.0622. The largest absolute Gasteiger partial charge is 0.392 e. The number of aliphatic hydroxyl groups is 1. The van der Waals surface area contributed by atoms with E-state index < -0.39 is 5.69 Å². The van der Waals surface area contributed by atoms with Gasteiger partial charge in [-0.15, -0.1) is 0 Å². The Morgan fingerprint density at radius 2 is 1.86 bits per heavy atom. The molecule has 0 unspecified atom stereocenters. The maximum Gasteiger partial charge on any atom is 0.247 e. The molecule has 0 aromatic heterocycles. The highest BCUT2D eigenvalue weighted by Crippen LogP contribution is 2.60. The quantitative estimate of drug-likeness (QED) is 0.534. The lowest BCUT2D eigenvalue weighted by Crippen LogP contribution is -1.92. The van der Waals surface area contributed by atoms with Crippen LogP contribution in [0.5, 0.6) is 0 Å². The zero-order valence-electron chi connectivity index (χ0n) is 8.51. The van der Waals surface area contributed by atoms with E-state index in [1.165, 1.54) is 11.4 Å². The Hall–Kier alpha value is 0.620. The third-order valence-electron chi connectivity index (χ3n) is 1.18. The smallest absolute Gasteiger partial charge is 0.247 e. The van der Waals surface area contributed by atoms with Gasteiger partial charge in [0.15, 0.2) is 0 Å². The molecule has 0 amide bonds. The molecule has 0 rings (SSSR count).